The van der Waals surface area contributed by atoms with Gasteiger partial charge in [0, 0.05) is 25.1 Å². The van der Waals surface area contributed by atoms with Crippen LogP contribution in [0.5, 0.6) is 0 Å². The summed E-state index contributed by atoms with van der Waals surface area (Å²) in [7, 11) is -3.50. The van der Waals surface area contributed by atoms with Crippen molar-refractivity contribution in [1.82, 2.24) is 10.6 Å². The lowest BCUT2D eigenvalue weighted by Gasteiger charge is -2.27. The third-order valence-electron chi connectivity index (χ3n) is 6.91. The van der Waals surface area contributed by atoms with E-state index >= 15 is 0 Å². The van der Waals surface area contributed by atoms with Crippen LogP contribution in [0, 0.1) is 17.6 Å². The average molecular weight is 567 g/mol. The summed E-state index contributed by atoms with van der Waals surface area (Å²) in [6.07, 6.45) is 2.35. The maximum atomic E-state index is 13.8. The van der Waals surface area contributed by atoms with Gasteiger partial charge in [-0.2, -0.15) is 0 Å². The molecule has 0 radical (unpaired) electrons. The van der Waals surface area contributed by atoms with E-state index in [1.165, 1.54) is 5.56 Å². The van der Waals surface area contributed by atoms with Gasteiger partial charge in [-0.3, -0.25) is 4.79 Å². The zero-order chi connectivity index (χ0) is 29.0. The first-order valence-electron chi connectivity index (χ1n) is 13.9. The maximum Gasteiger partial charge on any atom is 0.224 e. The number of aliphatic hydroxyl groups is 1. The van der Waals surface area contributed by atoms with Crippen molar-refractivity contribution < 1.29 is 27.1 Å². The number of carbonyl (C=O) groups excluding carboxylic acids is 1. The van der Waals surface area contributed by atoms with Crippen molar-refractivity contribution in [2.75, 3.05) is 12.3 Å². The standard InChI is InChI=1S/C30H44F2N2O4S/c1-5-9-27(10-6-2)39(37,38)20-21(4)30(36)34-28(16-24-14-25(31)17-26(32)15-24)29(35)19-33-18-23-12-8-11-22(7-3)13-23/h8,11-15,17,21,27-29,33,35H,5-7,9-10,16,18-20H2,1-4H3,(H,34,36)/t21?,28-,29+/m0/s1. The Morgan fingerprint density at radius 2 is 1.56 bits per heavy atom. The topological polar surface area (TPSA) is 95.5 Å². The largest absolute Gasteiger partial charge is 0.390 e. The van der Waals surface area contributed by atoms with Crippen molar-refractivity contribution in [1.29, 1.82) is 0 Å². The Morgan fingerprint density at radius 1 is 0.949 bits per heavy atom. The van der Waals surface area contributed by atoms with Gasteiger partial charge in [-0.15, -0.1) is 0 Å². The Labute approximate surface area is 232 Å². The summed E-state index contributed by atoms with van der Waals surface area (Å²) in [5.74, 6) is -3.18. The van der Waals surface area contributed by atoms with Crippen molar-refractivity contribution in [2.24, 2.45) is 5.92 Å². The van der Waals surface area contributed by atoms with Crippen LogP contribution < -0.4 is 10.6 Å². The molecule has 0 aliphatic carbocycles. The SMILES string of the molecule is CCCC(CCC)S(=O)(=O)CC(C)C(=O)N[C@@H](Cc1cc(F)cc(F)c1)[C@H](O)CNCc1cccc(CC)c1. The Balaban J connectivity index is 2.13. The second-order valence-electron chi connectivity index (χ2n) is 10.4. The Hall–Kier alpha value is -2.36. The van der Waals surface area contributed by atoms with Gasteiger partial charge in [0.15, 0.2) is 9.84 Å². The summed E-state index contributed by atoms with van der Waals surface area (Å²) in [5.41, 5.74) is 2.51. The van der Waals surface area contributed by atoms with Gasteiger partial charge >= 0.3 is 0 Å². The molecule has 0 fully saturated rings. The molecular weight excluding hydrogens is 522 g/mol. The van der Waals surface area contributed by atoms with Crippen LogP contribution in [0.15, 0.2) is 42.5 Å². The Bertz CT molecular complexity index is 1130. The maximum absolute atomic E-state index is 13.8. The quantitative estimate of drug-likeness (QED) is 0.258. The normalized spacial score (nSPS) is 14.3. The smallest absolute Gasteiger partial charge is 0.224 e. The summed E-state index contributed by atoms with van der Waals surface area (Å²) < 4.78 is 53.7. The molecule has 2 aromatic rings. The molecule has 9 heteroatoms. The van der Waals surface area contributed by atoms with E-state index in [1.54, 1.807) is 6.92 Å². The predicted octanol–water partition coefficient (Wildman–Crippen LogP) is 4.72. The van der Waals surface area contributed by atoms with E-state index in [-0.39, 0.29) is 24.3 Å². The number of benzene rings is 2. The van der Waals surface area contributed by atoms with Gasteiger partial charge in [0.05, 0.1) is 23.1 Å². The first-order chi connectivity index (χ1) is 18.5. The molecular formula is C30H44F2N2O4S. The zero-order valence-corrected chi connectivity index (χ0v) is 24.4. The molecule has 0 spiro atoms. The van der Waals surface area contributed by atoms with Crippen molar-refractivity contribution in [3.05, 3.63) is 70.8 Å². The molecule has 1 unspecified atom stereocenters. The first kappa shape index (κ1) is 32.8. The van der Waals surface area contributed by atoms with Gasteiger partial charge < -0.3 is 15.7 Å². The van der Waals surface area contributed by atoms with Crippen LogP contribution >= 0.6 is 0 Å². The fourth-order valence-corrected chi connectivity index (χ4v) is 7.07. The monoisotopic (exact) mass is 566 g/mol. The minimum Gasteiger partial charge on any atom is -0.390 e. The van der Waals surface area contributed by atoms with Crippen LogP contribution in [0.3, 0.4) is 0 Å². The molecule has 0 saturated carbocycles. The van der Waals surface area contributed by atoms with Crippen LogP contribution in [0.2, 0.25) is 0 Å². The molecule has 39 heavy (non-hydrogen) atoms. The lowest BCUT2D eigenvalue weighted by atomic mass is 9.99. The number of amides is 1. The van der Waals surface area contributed by atoms with Crippen LogP contribution in [0.25, 0.3) is 0 Å². The van der Waals surface area contributed by atoms with E-state index < -0.39 is 50.7 Å². The van der Waals surface area contributed by atoms with Gasteiger partial charge in [-0.1, -0.05) is 64.8 Å². The number of sulfone groups is 1. The highest BCUT2D eigenvalue weighted by atomic mass is 32.2. The Kier molecular flexibility index (Phi) is 13.5. The van der Waals surface area contributed by atoms with E-state index in [1.807, 2.05) is 32.0 Å². The van der Waals surface area contributed by atoms with Crippen molar-refractivity contribution in [3.63, 3.8) is 0 Å². The molecule has 6 nitrogen and oxygen atoms in total. The number of aliphatic hydroxyl groups excluding tert-OH is 1. The molecule has 0 bridgehead atoms. The third kappa shape index (κ3) is 11.0. The lowest BCUT2D eigenvalue weighted by Crippen LogP contribution is -2.50. The highest BCUT2D eigenvalue weighted by Crippen LogP contribution is 2.19. The third-order valence-corrected chi connectivity index (χ3v) is 9.36. The number of halogens is 2. The summed E-state index contributed by atoms with van der Waals surface area (Å²) in [6.45, 7) is 8.09. The number of aryl methyl sites for hydroxylation is 1. The van der Waals surface area contributed by atoms with Gasteiger partial charge in [0.2, 0.25) is 5.91 Å². The number of rotatable bonds is 17. The molecule has 1 amide bonds. The van der Waals surface area contributed by atoms with Crippen molar-refractivity contribution in [3.8, 4) is 0 Å². The molecule has 0 saturated heterocycles. The first-order valence-corrected chi connectivity index (χ1v) is 15.6. The van der Waals surface area contributed by atoms with Gasteiger partial charge in [0.25, 0.3) is 0 Å². The second-order valence-corrected chi connectivity index (χ2v) is 12.7. The predicted molar refractivity (Wildman–Crippen MR) is 152 cm³/mol. The van der Waals surface area contributed by atoms with Crippen LogP contribution in [0.4, 0.5) is 8.78 Å². The van der Waals surface area contributed by atoms with Gasteiger partial charge in [0.1, 0.15) is 11.6 Å². The highest BCUT2D eigenvalue weighted by molar-refractivity contribution is 7.92. The number of hydrogen-bond acceptors (Lipinski definition) is 5. The van der Waals surface area contributed by atoms with E-state index in [0.717, 1.165) is 43.0 Å². The van der Waals surface area contributed by atoms with Crippen LogP contribution in [-0.2, 0) is 34.0 Å². The van der Waals surface area contributed by atoms with Gasteiger partial charge in [-0.25, -0.2) is 17.2 Å². The number of nitrogens with one attached hydrogen (secondary N) is 2. The molecule has 2 aromatic carbocycles. The van der Waals surface area contributed by atoms with Crippen molar-refractivity contribution >= 4 is 15.7 Å². The van der Waals surface area contributed by atoms with E-state index in [4.69, 9.17) is 0 Å². The molecule has 2 rings (SSSR count). The van der Waals surface area contributed by atoms with Gasteiger partial charge in [-0.05, 0) is 54.5 Å². The minimum atomic E-state index is -3.50. The summed E-state index contributed by atoms with van der Waals surface area (Å²) in [5, 5.41) is 16.4. The summed E-state index contributed by atoms with van der Waals surface area (Å²) >= 11 is 0. The highest BCUT2D eigenvalue weighted by Gasteiger charge is 2.31. The lowest BCUT2D eigenvalue weighted by molar-refractivity contribution is -0.125. The molecule has 0 aliphatic rings. The van der Waals surface area contributed by atoms with E-state index in [9.17, 15) is 27.1 Å². The van der Waals surface area contributed by atoms with E-state index in [2.05, 4.69) is 23.6 Å². The van der Waals surface area contributed by atoms with Crippen LogP contribution in [0.1, 0.15) is 70.1 Å². The summed E-state index contributed by atoms with van der Waals surface area (Å²) in [4.78, 5) is 13.1. The fraction of sp³-hybridized carbons (Fsp3) is 0.567. The molecule has 0 aromatic heterocycles. The zero-order valence-electron chi connectivity index (χ0n) is 23.6. The molecule has 218 valence electrons. The number of carbonyl (C=O) groups is 1. The average Bonchev–Trinajstić information content (AvgIpc) is 2.87. The summed E-state index contributed by atoms with van der Waals surface area (Å²) in [6, 6.07) is 10.2. The van der Waals surface area contributed by atoms with Crippen LogP contribution in [-0.4, -0.2) is 49.1 Å². The molecule has 3 atom stereocenters. The number of hydrogen-bond donors (Lipinski definition) is 3. The molecule has 0 heterocycles. The van der Waals surface area contributed by atoms with E-state index in [0.29, 0.717) is 19.4 Å². The molecule has 0 aliphatic heterocycles. The Morgan fingerprint density at radius 3 is 2.15 bits per heavy atom. The van der Waals surface area contributed by atoms with Crippen molar-refractivity contribution in [2.45, 2.75) is 90.2 Å². The molecule has 3 N–H and O–H groups in total. The fourth-order valence-electron chi connectivity index (χ4n) is 4.76. The second kappa shape index (κ2) is 16.0. The minimum absolute atomic E-state index is 0.0254.